The quantitative estimate of drug-likeness (QED) is 0.336. The summed E-state index contributed by atoms with van der Waals surface area (Å²) in [7, 11) is 0. The Hall–Kier alpha value is -0.920. The predicted molar refractivity (Wildman–Crippen MR) is 52.6 cm³/mol. The van der Waals surface area contributed by atoms with Gasteiger partial charge in [-0.1, -0.05) is 6.07 Å². The summed E-state index contributed by atoms with van der Waals surface area (Å²) in [6.07, 6.45) is 0. The fraction of sp³-hybridized carbons (Fsp3) is 0.200. The van der Waals surface area contributed by atoms with Gasteiger partial charge in [0.05, 0.1) is 11.1 Å². The fourth-order valence-electron chi connectivity index (χ4n) is 1.06. The Morgan fingerprint density at radius 3 is 1.82 bits per heavy atom. The Morgan fingerprint density at radius 2 is 1.47 bits per heavy atom. The molecule has 0 spiro atoms. The number of rotatable bonds is 4. The molecule has 0 fully saturated rings. The van der Waals surface area contributed by atoms with Crippen LogP contribution in [0.4, 0.5) is 0 Å². The topological polar surface area (TPSA) is 93.1 Å². The summed E-state index contributed by atoms with van der Waals surface area (Å²) >= 11 is 0. The largest absolute Gasteiger partial charge is 1.00 e. The first kappa shape index (κ1) is 16.1. The maximum Gasteiger partial charge on any atom is 1.00 e. The van der Waals surface area contributed by atoms with E-state index >= 15 is 0 Å². The summed E-state index contributed by atoms with van der Waals surface area (Å²) in [5.74, 6) is -1.50. The second-order valence-electron chi connectivity index (χ2n) is 2.70. The number of benzene rings is 1. The molecular weight excluding hydrogens is 239 g/mol. The summed E-state index contributed by atoms with van der Waals surface area (Å²) < 4.78 is 8.68. The smallest absolute Gasteiger partial charge is 1.00 e. The molecule has 1 aromatic rings. The van der Waals surface area contributed by atoms with Crippen molar-refractivity contribution in [1.29, 1.82) is 0 Å². The predicted octanol–water partition coefficient (Wildman–Crippen LogP) is -2.98. The van der Waals surface area contributed by atoms with Gasteiger partial charge in [0.15, 0.2) is 13.6 Å². The number of hydrogen-bond donors (Lipinski definition) is 2. The zero-order valence-corrected chi connectivity index (χ0v) is 11.3. The van der Waals surface area contributed by atoms with Crippen LogP contribution < -0.4 is 29.6 Å². The third-order valence-corrected chi connectivity index (χ3v) is 1.73. The Morgan fingerprint density at radius 1 is 1.06 bits per heavy atom. The summed E-state index contributed by atoms with van der Waals surface area (Å²) in [6, 6.07) is 5.55. The van der Waals surface area contributed by atoms with E-state index in [0.717, 1.165) is 0 Å². The summed E-state index contributed by atoms with van der Waals surface area (Å²) in [6.45, 7) is -1.46. The molecule has 0 amide bonds. The van der Waals surface area contributed by atoms with Crippen LogP contribution in [0, 0.1) is 0 Å². The van der Waals surface area contributed by atoms with Crippen LogP contribution in [0.2, 0.25) is 0 Å². The molecule has 0 atom stereocenters. The molecule has 88 valence electrons. The van der Waals surface area contributed by atoms with Crippen molar-refractivity contribution in [2.45, 2.75) is 0 Å². The molecule has 0 aromatic heterocycles. The molecule has 7 heteroatoms. The fourth-order valence-corrected chi connectivity index (χ4v) is 1.06. The molecule has 0 bridgehead atoms. The Balaban J connectivity index is 0. The van der Waals surface area contributed by atoms with Gasteiger partial charge in [0.25, 0.3) is 0 Å². The number of esters is 2. The average Bonchev–Trinajstić information content (AvgIpc) is 2.30. The van der Waals surface area contributed by atoms with E-state index in [4.69, 9.17) is 10.2 Å². The van der Waals surface area contributed by atoms with Crippen molar-refractivity contribution >= 4 is 11.9 Å². The second kappa shape index (κ2) is 8.21. The Bertz CT molecular complexity index is 364. The first-order valence-electron chi connectivity index (χ1n) is 4.35. The summed E-state index contributed by atoms with van der Waals surface area (Å²) in [5.41, 5.74) is 0.225. The van der Waals surface area contributed by atoms with Crippen LogP contribution in [0.25, 0.3) is 0 Å². The third kappa shape index (κ3) is 4.84. The van der Waals surface area contributed by atoms with E-state index in [9.17, 15) is 9.59 Å². The zero-order valence-electron chi connectivity index (χ0n) is 10.3. The van der Waals surface area contributed by atoms with Crippen LogP contribution in [0.5, 0.6) is 0 Å². The van der Waals surface area contributed by atoms with Gasteiger partial charge in [-0.15, -0.1) is 0 Å². The Kier molecular flexibility index (Phi) is 7.77. The minimum Gasteiger partial charge on any atom is -1.00 e. The SMILES string of the molecule is O=C(OCO)c1cccc(C(=O)OCO)c1.[H-].[Na+]. The normalized spacial score (nSPS) is 9.06. The van der Waals surface area contributed by atoms with Crippen molar-refractivity contribution in [3.8, 4) is 0 Å². The molecule has 2 N–H and O–H groups in total. The van der Waals surface area contributed by atoms with Crippen molar-refractivity contribution in [2.75, 3.05) is 13.6 Å². The van der Waals surface area contributed by atoms with Gasteiger partial charge >= 0.3 is 41.5 Å². The van der Waals surface area contributed by atoms with E-state index in [1.54, 1.807) is 0 Å². The molecular formula is C10H11NaO6. The van der Waals surface area contributed by atoms with E-state index < -0.39 is 25.5 Å². The summed E-state index contributed by atoms with van der Waals surface area (Å²) in [5, 5.41) is 16.8. The average molecular weight is 250 g/mol. The van der Waals surface area contributed by atoms with Gasteiger partial charge in [0, 0.05) is 0 Å². The monoisotopic (exact) mass is 250 g/mol. The molecule has 0 heterocycles. The molecule has 0 saturated heterocycles. The van der Waals surface area contributed by atoms with E-state index in [0.29, 0.717) is 0 Å². The van der Waals surface area contributed by atoms with E-state index in [1.165, 1.54) is 24.3 Å². The van der Waals surface area contributed by atoms with Gasteiger partial charge in [-0.2, -0.15) is 0 Å². The number of carbonyl (C=O) groups excluding carboxylic acids is 2. The standard InChI is InChI=1S/C10H10O6.Na.H/c11-5-15-9(13)7-2-1-3-8(4-7)10(14)16-6-12;;/h1-4,11-12H,5-6H2;;/q;+1;-1. The number of aliphatic hydroxyl groups excluding tert-OH is 2. The van der Waals surface area contributed by atoms with Gasteiger partial charge < -0.3 is 21.1 Å². The summed E-state index contributed by atoms with van der Waals surface area (Å²) in [4.78, 5) is 22.4. The molecule has 1 aromatic carbocycles. The minimum absolute atomic E-state index is 0. The van der Waals surface area contributed by atoms with Crippen molar-refractivity contribution < 1.29 is 60.3 Å². The number of hydrogen-bond acceptors (Lipinski definition) is 6. The van der Waals surface area contributed by atoms with Crippen LogP contribution in [0.15, 0.2) is 24.3 Å². The molecule has 0 aliphatic rings. The minimum atomic E-state index is -0.749. The van der Waals surface area contributed by atoms with Crippen LogP contribution in [0.3, 0.4) is 0 Å². The van der Waals surface area contributed by atoms with E-state index in [-0.39, 0.29) is 42.1 Å². The molecule has 17 heavy (non-hydrogen) atoms. The van der Waals surface area contributed by atoms with Gasteiger partial charge in [-0.3, -0.25) is 0 Å². The van der Waals surface area contributed by atoms with E-state index in [1.807, 2.05) is 0 Å². The molecule has 0 aliphatic carbocycles. The Labute approximate surface area is 121 Å². The molecule has 0 aliphatic heterocycles. The molecule has 0 radical (unpaired) electrons. The van der Waals surface area contributed by atoms with Gasteiger partial charge in [-0.05, 0) is 18.2 Å². The van der Waals surface area contributed by atoms with Gasteiger partial charge in [0.1, 0.15) is 0 Å². The van der Waals surface area contributed by atoms with Crippen LogP contribution >= 0.6 is 0 Å². The molecule has 1 rings (SSSR count). The van der Waals surface area contributed by atoms with Gasteiger partial charge in [0.2, 0.25) is 0 Å². The van der Waals surface area contributed by atoms with Crippen molar-refractivity contribution in [3.63, 3.8) is 0 Å². The zero-order chi connectivity index (χ0) is 12.0. The number of carbonyl (C=O) groups is 2. The molecule has 0 saturated carbocycles. The van der Waals surface area contributed by atoms with Gasteiger partial charge in [-0.25, -0.2) is 9.59 Å². The van der Waals surface area contributed by atoms with Crippen LogP contribution in [-0.4, -0.2) is 35.7 Å². The van der Waals surface area contributed by atoms with Crippen molar-refractivity contribution in [1.82, 2.24) is 0 Å². The molecule has 0 unspecified atom stereocenters. The second-order valence-corrected chi connectivity index (χ2v) is 2.70. The molecule has 6 nitrogen and oxygen atoms in total. The van der Waals surface area contributed by atoms with Crippen molar-refractivity contribution in [3.05, 3.63) is 35.4 Å². The first-order valence-corrected chi connectivity index (χ1v) is 4.35. The first-order chi connectivity index (χ1) is 7.69. The number of ether oxygens (including phenoxy) is 2. The van der Waals surface area contributed by atoms with Crippen molar-refractivity contribution in [2.24, 2.45) is 0 Å². The third-order valence-electron chi connectivity index (χ3n) is 1.73. The van der Waals surface area contributed by atoms with Crippen LogP contribution in [0.1, 0.15) is 22.1 Å². The maximum atomic E-state index is 11.2. The number of aliphatic hydroxyl groups is 2. The van der Waals surface area contributed by atoms with E-state index in [2.05, 4.69) is 9.47 Å². The van der Waals surface area contributed by atoms with Crippen LogP contribution in [-0.2, 0) is 9.47 Å². The maximum absolute atomic E-state index is 11.2.